The fourth-order valence-electron chi connectivity index (χ4n) is 4.89. The van der Waals surface area contributed by atoms with Crippen LogP contribution in [0.25, 0.3) is 16.9 Å². The molecule has 0 saturated carbocycles. The van der Waals surface area contributed by atoms with Crippen molar-refractivity contribution in [1.29, 1.82) is 0 Å². The highest BCUT2D eigenvalue weighted by molar-refractivity contribution is 6.05. The number of rotatable bonds is 7. The molecular formula is C32H32N8O. The lowest BCUT2D eigenvalue weighted by Gasteiger charge is -2.30. The number of amides is 1. The van der Waals surface area contributed by atoms with Crippen molar-refractivity contribution in [1.82, 2.24) is 24.8 Å². The molecule has 0 radical (unpaired) electrons. The highest BCUT2D eigenvalue weighted by Gasteiger charge is 2.16. The molecule has 3 aromatic carbocycles. The van der Waals surface area contributed by atoms with E-state index in [4.69, 9.17) is 0 Å². The largest absolute Gasteiger partial charge is 0.369 e. The summed E-state index contributed by atoms with van der Waals surface area (Å²) in [6.07, 6.45) is 5.51. The summed E-state index contributed by atoms with van der Waals surface area (Å²) in [5.41, 5.74) is 7.78. The number of imidazole rings is 1. The summed E-state index contributed by atoms with van der Waals surface area (Å²) in [6, 6.07) is 23.6. The van der Waals surface area contributed by atoms with Crippen LogP contribution < -0.4 is 20.9 Å². The second-order valence-electron chi connectivity index (χ2n) is 10.1. The second kappa shape index (κ2) is 11.6. The number of aryl methyl sites for hydroxylation is 2. The van der Waals surface area contributed by atoms with Crippen LogP contribution in [0, 0.1) is 13.8 Å². The number of hydrogen-bond acceptors (Lipinski definition) is 7. The van der Waals surface area contributed by atoms with Gasteiger partial charge >= 0.3 is 0 Å². The molecule has 3 heterocycles. The number of nitrogens with zero attached hydrogens (tertiary/aromatic N) is 5. The first kappa shape index (κ1) is 26.2. The smallest absolute Gasteiger partial charge is 0.255 e. The first-order chi connectivity index (χ1) is 20.0. The summed E-state index contributed by atoms with van der Waals surface area (Å²) in [4.78, 5) is 29.3. The molecule has 9 nitrogen and oxygen atoms in total. The molecule has 9 heteroatoms. The Morgan fingerprint density at radius 1 is 0.902 bits per heavy atom. The Bertz CT molecular complexity index is 1670. The van der Waals surface area contributed by atoms with Gasteiger partial charge in [0, 0.05) is 66.8 Å². The van der Waals surface area contributed by atoms with Crippen molar-refractivity contribution >= 4 is 28.9 Å². The minimum atomic E-state index is -0.197. The maximum atomic E-state index is 13.5. The lowest BCUT2D eigenvalue weighted by atomic mass is 10.1. The molecule has 0 aliphatic carbocycles. The fraction of sp³-hybridized carbons (Fsp3) is 0.188. The van der Waals surface area contributed by atoms with Crippen molar-refractivity contribution in [3.8, 4) is 16.9 Å². The van der Waals surface area contributed by atoms with Crippen LogP contribution in [0.1, 0.15) is 21.6 Å². The van der Waals surface area contributed by atoms with Gasteiger partial charge in [0.2, 0.25) is 5.95 Å². The van der Waals surface area contributed by atoms with Gasteiger partial charge in [-0.15, -0.1) is 0 Å². The van der Waals surface area contributed by atoms with Gasteiger partial charge in [-0.25, -0.2) is 15.0 Å². The van der Waals surface area contributed by atoms with E-state index in [0.29, 0.717) is 11.5 Å². The minimum Gasteiger partial charge on any atom is -0.369 e. The highest BCUT2D eigenvalue weighted by atomic mass is 16.1. The van der Waals surface area contributed by atoms with E-state index in [1.807, 2.05) is 91.3 Å². The first-order valence-corrected chi connectivity index (χ1v) is 13.7. The van der Waals surface area contributed by atoms with E-state index < -0.39 is 0 Å². The molecule has 206 valence electrons. The van der Waals surface area contributed by atoms with Gasteiger partial charge in [0.15, 0.2) is 0 Å². The Morgan fingerprint density at radius 2 is 1.71 bits per heavy atom. The molecule has 1 amide bonds. The van der Waals surface area contributed by atoms with Crippen LogP contribution in [-0.2, 0) is 0 Å². The van der Waals surface area contributed by atoms with Crippen molar-refractivity contribution in [3.05, 3.63) is 108 Å². The van der Waals surface area contributed by atoms with Crippen molar-refractivity contribution in [2.75, 3.05) is 41.7 Å². The van der Waals surface area contributed by atoms with E-state index in [1.165, 1.54) is 0 Å². The predicted molar refractivity (Wildman–Crippen MR) is 163 cm³/mol. The monoisotopic (exact) mass is 544 g/mol. The maximum absolute atomic E-state index is 13.5. The van der Waals surface area contributed by atoms with Crippen LogP contribution >= 0.6 is 0 Å². The molecule has 1 saturated heterocycles. The van der Waals surface area contributed by atoms with Crippen LogP contribution in [0.4, 0.5) is 23.0 Å². The summed E-state index contributed by atoms with van der Waals surface area (Å²) < 4.78 is 1.98. The molecule has 1 aliphatic heterocycles. The van der Waals surface area contributed by atoms with E-state index in [0.717, 1.165) is 71.4 Å². The van der Waals surface area contributed by atoms with Gasteiger partial charge in [-0.05, 0) is 55.8 Å². The molecule has 0 bridgehead atoms. The molecule has 2 aromatic heterocycles. The van der Waals surface area contributed by atoms with Crippen molar-refractivity contribution < 1.29 is 4.79 Å². The number of nitrogens with one attached hydrogen (secondary N) is 3. The van der Waals surface area contributed by atoms with Crippen LogP contribution in [0.5, 0.6) is 0 Å². The van der Waals surface area contributed by atoms with Crippen LogP contribution in [0.2, 0.25) is 0 Å². The van der Waals surface area contributed by atoms with E-state index in [-0.39, 0.29) is 5.91 Å². The highest BCUT2D eigenvalue weighted by Crippen LogP contribution is 2.27. The minimum absolute atomic E-state index is 0.197. The molecule has 6 rings (SSSR count). The van der Waals surface area contributed by atoms with Gasteiger partial charge in [0.25, 0.3) is 5.91 Å². The van der Waals surface area contributed by atoms with Gasteiger partial charge in [-0.2, -0.15) is 0 Å². The molecular weight excluding hydrogens is 512 g/mol. The Kier molecular flexibility index (Phi) is 7.42. The molecule has 3 N–H and O–H groups in total. The normalized spacial score (nSPS) is 13.2. The van der Waals surface area contributed by atoms with Crippen molar-refractivity contribution in [3.63, 3.8) is 0 Å². The average molecular weight is 545 g/mol. The van der Waals surface area contributed by atoms with Crippen LogP contribution in [-0.4, -0.2) is 51.6 Å². The summed E-state index contributed by atoms with van der Waals surface area (Å²) in [5, 5.41) is 9.82. The van der Waals surface area contributed by atoms with E-state index in [2.05, 4.69) is 41.9 Å². The summed E-state index contributed by atoms with van der Waals surface area (Å²) in [7, 11) is 0. The predicted octanol–water partition coefficient (Wildman–Crippen LogP) is 5.35. The number of carbonyl (C=O) groups is 1. The summed E-state index contributed by atoms with van der Waals surface area (Å²) in [6.45, 7) is 7.60. The fourth-order valence-corrected chi connectivity index (χ4v) is 4.89. The maximum Gasteiger partial charge on any atom is 0.255 e. The van der Waals surface area contributed by atoms with Gasteiger partial charge in [0.1, 0.15) is 0 Å². The number of anilines is 4. The number of benzene rings is 3. The van der Waals surface area contributed by atoms with E-state index >= 15 is 0 Å². The van der Waals surface area contributed by atoms with E-state index in [1.54, 1.807) is 12.5 Å². The standard InChI is InChI=1S/C32H32N8O/c1-22-8-9-25(16-30(22)38-32-34-11-10-29(37-32)24-6-4-3-5-7-24)31(41)36-26-17-27(39-14-12-33-13-15-39)19-28(18-26)40-20-23(2)35-21-40/h3-11,16-21,33H,12-15H2,1-2H3,(H,36,41)(H,34,37,38). The zero-order chi connectivity index (χ0) is 28.2. The SMILES string of the molecule is Cc1cn(-c2cc(NC(=O)c3ccc(C)c(Nc4nccc(-c5ccccc5)n4)c3)cc(N3CCNCC3)c2)cn1. The van der Waals surface area contributed by atoms with Crippen molar-refractivity contribution in [2.24, 2.45) is 0 Å². The Labute approximate surface area is 239 Å². The zero-order valence-electron chi connectivity index (χ0n) is 23.1. The van der Waals surface area contributed by atoms with Crippen LogP contribution in [0.15, 0.2) is 91.5 Å². The average Bonchev–Trinajstić information content (AvgIpc) is 3.45. The second-order valence-corrected chi connectivity index (χ2v) is 10.1. The number of piperazine rings is 1. The zero-order valence-corrected chi connectivity index (χ0v) is 23.1. The Hall–Kier alpha value is -5.02. The third kappa shape index (κ3) is 6.10. The lowest BCUT2D eigenvalue weighted by molar-refractivity contribution is 0.102. The topological polar surface area (TPSA) is 100 Å². The molecule has 0 unspecified atom stereocenters. The molecule has 0 atom stereocenters. The molecule has 5 aromatic rings. The first-order valence-electron chi connectivity index (χ1n) is 13.7. The summed E-state index contributed by atoms with van der Waals surface area (Å²) in [5.74, 6) is 0.272. The van der Waals surface area contributed by atoms with Gasteiger partial charge < -0.3 is 25.4 Å². The Morgan fingerprint density at radius 3 is 2.49 bits per heavy atom. The quantitative estimate of drug-likeness (QED) is 0.254. The molecule has 1 fully saturated rings. The molecule has 41 heavy (non-hydrogen) atoms. The Balaban J connectivity index is 1.25. The number of hydrogen-bond donors (Lipinski definition) is 3. The van der Waals surface area contributed by atoms with Gasteiger partial charge in [-0.1, -0.05) is 36.4 Å². The van der Waals surface area contributed by atoms with Crippen molar-refractivity contribution in [2.45, 2.75) is 13.8 Å². The number of carbonyl (C=O) groups excluding carboxylic acids is 1. The number of aromatic nitrogens is 4. The third-order valence-electron chi connectivity index (χ3n) is 7.12. The lowest BCUT2D eigenvalue weighted by Crippen LogP contribution is -2.43. The molecule has 0 spiro atoms. The third-order valence-corrected chi connectivity index (χ3v) is 7.12. The van der Waals surface area contributed by atoms with Gasteiger partial charge in [-0.3, -0.25) is 4.79 Å². The summed E-state index contributed by atoms with van der Waals surface area (Å²) >= 11 is 0. The van der Waals surface area contributed by atoms with Gasteiger partial charge in [0.05, 0.1) is 23.4 Å². The molecule has 1 aliphatic rings. The van der Waals surface area contributed by atoms with E-state index in [9.17, 15) is 4.79 Å². The van der Waals surface area contributed by atoms with Crippen LogP contribution in [0.3, 0.4) is 0 Å².